The minimum Gasteiger partial charge on any atom is -0.342 e. The molecule has 1 aromatic heterocycles. The third kappa shape index (κ3) is 3.76. The maximum absolute atomic E-state index is 13.2. The average molecular weight is 414 g/mol. The summed E-state index contributed by atoms with van der Waals surface area (Å²) in [6, 6.07) is 0. The van der Waals surface area contributed by atoms with Gasteiger partial charge in [-0.05, 0) is 63.7 Å². The van der Waals surface area contributed by atoms with Crippen LogP contribution in [0.4, 0.5) is 0 Å². The number of likely N-dealkylation sites (tertiary alicyclic amines) is 2. The lowest BCUT2D eigenvalue weighted by Gasteiger charge is -2.37. The molecule has 2 aliphatic carbocycles. The van der Waals surface area contributed by atoms with Crippen molar-refractivity contribution in [1.82, 2.24) is 14.8 Å². The van der Waals surface area contributed by atoms with Crippen molar-refractivity contribution >= 4 is 23.2 Å². The predicted molar refractivity (Wildman–Crippen MR) is 114 cm³/mol. The van der Waals surface area contributed by atoms with E-state index in [0.29, 0.717) is 23.4 Å². The van der Waals surface area contributed by atoms with Crippen molar-refractivity contribution in [2.45, 2.75) is 70.1 Å². The van der Waals surface area contributed by atoms with E-state index in [2.05, 4.69) is 11.0 Å². The first-order valence-electron chi connectivity index (χ1n) is 11.5. The highest BCUT2D eigenvalue weighted by Crippen LogP contribution is 2.37. The summed E-state index contributed by atoms with van der Waals surface area (Å²) < 4.78 is 0. The van der Waals surface area contributed by atoms with Gasteiger partial charge in [-0.2, -0.15) is 0 Å². The molecule has 2 amide bonds. The molecule has 4 aliphatic rings. The Hall–Kier alpha value is -1.69. The fourth-order valence-corrected chi connectivity index (χ4v) is 6.33. The number of hydrogen-bond acceptors (Lipinski definition) is 4. The van der Waals surface area contributed by atoms with Gasteiger partial charge in [0.05, 0.1) is 5.01 Å². The van der Waals surface area contributed by atoms with Crippen molar-refractivity contribution in [2.75, 3.05) is 19.6 Å². The Kier molecular flexibility index (Phi) is 5.46. The summed E-state index contributed by atoms with van der Waals surface area (Å²) in [6.45, 7) is 2.50. The maximum Gasteiger partial charge on any atom is 0.277 e. The number of hydrogen-bond donors (Lipinski definition) is 0. The second-order valence-corrected chi connectivity index (χ2v) is 10.0. The number of thiazole rings is 1. The van der Waals surface area contributed by atoms with Crippen molar-refractivity contribution in [3.05, 3.63) is 27.9 Å². The summed E-state index contributed by atoms with van der Waals surface area (Å²) in [5, 5.41) is 3.03. The fraction of sp³-hybridized carbons (Fsp3) is 0.696. The van der Waals surface area contributed by atoms with Crippen LogP contribution in [0.3, 0.4) is 0 Å². The van der Waals surface area contributed by atoms with Crippen molar-refractivity contribution in [1.29, 1.82) is 0 Å². The van der Waals surface area contributed by atoms with Crippen LogP contribution in [-0.4, -0.2) is 46.2 Å². The second-order valence-electron chi connectivity index (χ2n) is 9.15. The molecule has 1 atom stereocenters. The lowest BCUT2D eigenvalue weighted by molar-refractivity contribution is -0.139. The Morgan fingerprint density at radius 2 is 1.72 bits per heavy atom. The summed E-state index contributed by atoms with van der Waals surface area (Å²) in [6.07, 6.45) is 13.5. The van der Waals surface area contributed by atoms with E-state index >= 15 is 0 Å². The van der Waals surface area contributed by atoms with Crippen LogP contribution in [0.25, 0.3) is 0 Å². The van der Waals surface area contributed by atoms with Gasteiger partial charge in [0.25, 0.3) is 5.91 Å². The standard InChI is InChI=1S/C23H31N3O2S/c27-22(18-6-3-7-18)25-13-10-17(11-14-25)21-24-19(15-29-21)23(28)26-12-4-8-16-5-1-2-9-20(16)26/h9,15-18H,1-8,10-14H2. The third-order valence-electron chi connectivity index (χ3n) is 7.37. The van der Waals surface area contributed by atoms with Gasteiger partial charge >= 0.3 is 0 Å². The van der Waals surface area contributed by atoms with Crippen LogP contribution in [0.1, 0.15) is 85.6 Å². The van der Waals surface area contributed by atoms with Gasteiger partial charge in [0.2, 0.25) is 5.91 Å². The van der Waals surface area contributed by atoms with E-state index in [-0.39, 0.29) is 11.8 Å². The molecule has 3 fully saturated rings. The van der Waals surface area contributed by atoms with Gasteiger partial charge in [-0.25, -0.2) is 4.98 Å². The largest absolute Gasteiger partial charge is 0.342 e. The molecule has 0 radical (unpaired) electrons. The van der Waals surface area contributed by atoms with E-state index in [4.69, 9.17) is 4.98 Å². The van der Waals surface area contributed by atoms with E-state index in [9.17, 15) is 9.59 Å². The highest BCUT2D eigenvalue weighted by atomic mass is 32.1. The molecule has 29 heavy (non-hydrogen) atoms. The minimum atomic E-state index is 0.0861. The maximum atomic E-state index is 13.2. The van der Waals surface area contributed by atoms with Gasteiger partial charge in [-0.3, -0.25) is 9.59 Å². The molecule has 1 saturated carbocycles. The van der Waals surface area contributed by atoms with Crippen LogP contribution in [-0.2, 0) is 4.79 Å². The first-order valence-corrected chi connectivity index (χ1v) is 12.3. The zero-order chi connectivity index (χ0) is 19.8. The van der Waals surface area contributed by atoms with Gasteiger partial charge in [-0.15, -0.1) is 11.3 Å². The molecule has 3 heterocycles. The molecule has 2 aliphatic heterocycles. The number of carbonyl (C=O) groups is 2. The van der Waals surface area contributed by atoms with Crippen LogP contribution in [0, 0.1) is 11.8 Å². The normalized spacial score (nSPS) is 25.9. The molecule has 0 N–H and O–H groups in total. The summed E-state index contributed by atoms with van der Waals surface area (Å²) in [7, 11) is 0. The highest BCUT2D eigenvalue weighted by molar-refractivity contribution is 7.09. The number of amides is 2. The molecule has 156 valence electrons. The Morgan fingerprint density at radius 1 is 0.931 bits per heavy atom. The van der Waals surface area contributed by atoms with Crippen LogP contribution < -0.4 is 0 Å². The Bertz CT molecular complexity index is 805. The Morgan fingerprint density at radius 3 is 2.48 bits per heavy atom. The van der Waals surface area contributed by atoms with Gasteiger partial charge in [-0.1, -0.05) is 12.5 Å². The number of carbonyl (C=O) groups excluding carboxylic acids is 2. The van der Waals surface area contributed by atoms with Crippen molar-refractivity contribution < 1.29 is 9.59 Å². The summed E-state index contributed by atoms with van der Waals surface area (Å²) in [5.74, 6) is 1.69. The lowest BCUT2D eigenvalue weighted by Crippen LogP contribution is -2.43. The molecule has 6 heteroatoms. The SMILES string of the molecule is O=C(C1CCC1)N1CCC(c2nc(C(=O)N3CCCC4CCCC=C43)cs2)CC1. The number of allylic oxidation sites excluding steroid dienone is 2. The van der Waals surface area contributed by atoms with Crippen LogP contribution in [0.2, 0.25) is 0 Å². The van der Waals surface area contributed by atoms with Crippen molar-refractivity contribution in [3.8, 4) is 0 Å². The topological polar surface area (TPSA) is 53.5 Å². The zero-order valence-corrected chi connectivity index (χ0v) is 18.0. The number of nitrogens with zero attached hydrogens (tertiary/aromatic N) is 3. The molecule has 0 bridgehead atoms. The molecule has 0 aromatic carbocycles. The number of rotatable bonds is 3. The number of fused-ring (bicyclic) bond motifs is 1. The van der Waals surface area contributed by atoms with Gasteiger partial charge < -0.3 is 9.80 Å². The quantitative estimate of drug-likeness (QED) is 0.729. The first kappa shape index (κ1) is 19.3. The molecule has 5 nitrogen and oxygen atoms in total. The average Bonchev–Trinajstić information content (AvgIpc) is 3.22. The van der Waals surface area contributed by atoms with Crippen molar-refractivity contribution in [2.24, 2.45) is 11.8 Å². The van der Waals surface area contributed by atoms with E-state index in [0.717, 1.165) is 63.2 Å². The monoisotopic (exact) mass is 413 g/mol. The zero-order valence-electron chi connectivity index (χ0n) is 17.1. The number of aromatic nitrogens is 1. The van der Waals surface area contributed by atoms with Gasteiger partial charge in [0.1, 0.15) is 5.69 Å². The summed E-state index contributed by atoms with van der Waals surface area (Å²) in [5.41, 5.74) is 1.87. The molecular weight excluding hydrogens is 382 g/mol. The smallest absolute Gasteiger partial charge is 0.277 e. The Labute approximate surface area is 177 Å². The first-order chi connectivity index (χ1) is 14.2. The molecule has 5 rings (SSSR count). The van der Waals surface area contributed by atoms with E-state index in [1.807, 2.05) is 10.3 Å². The Balaban J connectivity index is 1.22. The van der Waals surface area contributed by atoms with Gasteiger partial charge in [0.15, 0.2) is 0 Å². The van der Waals surface area contributed by atoms with Crippen LogP contribution in [0.5, 0.6) is 0 Å². The summed E-state index contributed by atoms with van der Waals surface area (Å²) in [4.78, 5) is 34.5. The fourth-order valence-electron chi connectivity index (χ4n) is 5.37. The number of piperidine rings is 2. The van der Waals surface area contributed by atoms with Crippen molar-refractivity contribution in [3.63, 3.8) is 0 Å². The molecule has 1 unspecified atom stereocenters. The molecule has 1 aromatic rings. The van der Waals surface area contributed by atoms with Crippen LogP contribution in [0.15, 0.2) is 17.2 Å². The van der Waals surface area contributed by atoms with Gasteiger partial charge in [0, 0.05) is 42.5 Å². The minimum absolute atomic E-state index is 0.0861. The van der Waals surface area contributed by atoms with E-state index < -0.39 is 0 Å². The van der Waals surface area contributed by atoms with Crippen LogP contribution >= 0.6 is 11.3 Å². The molecule has 0 spiro atoms. The van der Waals surface area contributed by atoms with E-state index in [1.54, 1.807) is 11.3 Å². The second kappa shape index (κ2) is 8.21. The molecular formula is C23H31N3O2S. The third-order valence-corrected chi connectivity index (χ3v) is 8.38. The van der Waals surface area contributed by atoms with E-state index in [1.165, 1.54) is 31.4 Å². The molecule has 2 saturated heterocycles. The highest BCUT2D eigenvalue weighted by Gasteiger charge is 2.34. The summed E-state index contributed by atoms with van der Waals surface area (Å²) >= 11 is 1.63. The lowest BCUT2D eigenvalue weighted by atomic mass is 9.83. The predicted octanol–water partition coefficient (Wildman–Crippen LogP) is 4.57.